The number of piperidine rings is 1. The molecule has 0 aromatic heterocycles. The number of anilines is 1. The van der Waals surface area contributed by atoms with E-state index in [-0.39, 0.29) is 5.92 Å². The van der Waals surface area contributed by atoms with Crippen molar-refractivity contribution in [2.24, 2.45) is 5.92 Å². The van der Waals surface area contributed by atoms with Gasteiger partial charge in [0.15, 0.2) is 0 Å². The van der Waals surface area contributed by atoms with Gasteiger partial charge in [0.05, 0.1) is 18.2 Å². The molecule has 2 N–H and O–H groups in total. The third-order valence-electron chi connectivity index (χ3n) is 4.09. The van der Waals surface area contributed by atoms with Crippen LogP contribution in [0.4, 0.5) is 5.69 Å². The average molecular weight is 306 g/mol. The van der Waals surface area contributed by atoms with E-state index in [0.717, 1.165) is 37.6 Å². The van der Waals surface area contributed by atoms with Crippen LogP contribution in [0.15, 0.2) is 18.2 Å². The van der Waals surface area contributed by atoms with E-state index in [0.29, 0.717) is 19.4 Å². The van der Waals surface area contributed by atoms with Crippen molar-refractivity contribution in [2.75, 3.05) is 31.1 Å². The van der Waals surface area contributed by atoms with Crippen LogP contribution >= 0.6 is 0 Å². The highest BCUT2D eigenvalue weighted by atomic mass is 16.5. The second kappa shape index (κ2) is 8.03. The molecule has 0 saturated carbocycles. The van der Waals surface area contributed by atoms with Crippen LogP contribution in [0.5, 0.6) is 5.75 Å². The fourth-order valence-corrected chi connectivity index (χ4v) is 2.84. The maximum absolute atomic E-state index is 11.1. The van der Waals surface area contributed by atoms with Crippen LogP contribution in [0.25, 0.3) is 0 Å². The van der Waals surface area contributed by atoms with Crippen LogP contribution in [0.1, 0.15) is 32.3 Å². The molecule has 0 bridgehead atoms. The zero-order chi connectivity index (χ0) is 15.9. The number of hydrogen-bond donors (Lipinski definition) is 2. The lowest BCUT2D eigenvalue weighted by Gasteiger charge is -2.33. The van der Waals surface area contributed by atoms with Gasteiger partial charge in [-0.2, -0.15) is 0 Å². The van der Waals surface area contributed by atoms with Crippen LogP contribution in [-0.4, -0.2) is 37.3 Å². The summed E-state index contributed by atoms with van der Waals surface area (Å²) in [5.41, 5.74) is 2.28. The number of carboxylic acid groups (broad SMARTS) is 1. The molecule has 1 fully saturated rings. The zero-order valence-corrected chi connectivity index (χ0v) is 13.5. The predicted molar refractivity (Wildman–Crippen MR) is 87.6 cm³/mol. The summed E-state index contributed by atoms with van der Waals surface area (Å²) in [7, 11) is 0. The molecule has 0 aliphatic carbocycles. The van der Waals surface area contributed by atoms with Gasteiger partial charge in [0.1, 0.15) is 5.75 Å². The molecular formula is C17H26N2O3. The molecule has 0 unspecified atom stereocenters. The Hall–Kier alpha value is -1.75. The molecule has 5 heteroatoms. The molecule has 22 heavy (non-hydrogen) atoms. The molecular weight excluding hydrogens is 280 g/mol. The summed E-state index contributed by atoms with van der Waals surface area (Å²) >= 11 is 0. The highest BCUT2D eigenvalue weighted by Crippen LogP contribution is 2.32. The molecule has 0 radical (unpaired) electrons. The zero-order valence-electron chi connectivity index (χ0n) is 13.5. The number of rotatable bonds is 7. The normalized spacial score (nSPS) is 15.8. The lowest BCUT2D eigenvalue weighted by atomic mass is 9.96. The van der Waals surface area contributed by atoms with E-state index in [1.165, 1.54) is 5.56 Å². The smallest absolute Gasteiger partial charge is 0.306 e. The van der Waals surface area contributed by atoms with Gasteiger partial charge in [0, 0.05) is 19.6 Å². The SMILES string of the molecule is CCNCc1ccc(N2CCC(C(=O)O)CC2)c(OCC)c1. The Morgan fingerprint density at radius 2 is 2.09 bits per heavy atom. The summed E-state index contributed by atoms with van der Waals surface area (Å²) in [6.45, 7) is 8.00. The van der Waals surface area contributed by atoms with Crippen molar-refractivity contribution in [3.05, 3.63) is 23.8 Å². The van der Waals surface area contributed by atoms with Gasteiger partial charge in [0.2, 0.25) is 0 Å². The minimum atomic E-state index is -0.675. The van der Waals surface area contributed by atoms with E-state index < -0.39 is 5.97 Å². The molecule has 1 aromatic carbocycles. The minimum Gasteiger partial charge on any atom is -0.492 e. The summed E-state index contributed by atoms with van der Waals surface area (Å²) in [6.07, 6.45) is 1.39. The first-order valence-corrected chi connectivity index (χ1v) is 8.09. The van der Waals surface area contributed by atoms with Crippen molar-refractivity contribution in [3.8, 4) is 5.75 Å². The standard InChI is InChI=1S/C17H26N2O3/c1-3-18-12-13-5-6-15(16(11-13)22-4-2)19-9-7-14(8-10-19)17(20)21/h5-6,11,14,18H,3-4,7-10,12H2,1-2H3,(H,20,21). The molecule has 5 nitrogen and oxygen atoms in total. The highest BCUT2D eigenvalue weighted by Gasteiger charge is 2.25. The molecule has 1 aliphatic heterocycles. The van der Waals surface area contributed by atoms with Gasteiger partial charge >= 0.3 is 5.97 Å². The first-order chi connectivity index (χ1) is 10.7. The van der Waals surface area contributed by atoms with E-state index in [2.05, 4.69) is 35.3 Å². The lowest BCUT2D eigenvalue weighted by molar-refractivity contribution is -0.142. The minimum absolute atomic E-state index is 0.208. The Balaban J connectivity index is 2.10. The average Bonchev–Trinajstić information content (AvgIpc) is 2.53. The van der Waals surface area contributed by atoms with Crippen molar-refractivity contribution < 1.29 is 14.6 Å². The summed E-state index contributed by atoms with van der Waals surface area (Å²) in [5.74, 6) is 0.0113. The third-order valence-corrected chi connectivity index (χ3v) is 4.09. The van der Waals surface area contributed by atoms with Gasteiger partial charge in [-0.15, -0.1) is 0 Å². The Kier molecular flexibility index (Phi) is 6.07. The maximum atomic E-state index is 11.1. The topological polar surface area (TPSA) is 61.8 Å². The van der Waals surface area contributed by atoms with E-state index >= 15 is 0 Å². The predicted octanol–water partition coefficient (Wildman–Crippen LogP) is 2.50. The second-order valence-electron chi connectivity index (χ2n) is 5.61. The van der Waals surface area contributed by atoms with Crippen LogP contribution in [0.2, 0.25) is 0 Å². The monoisotopic (exact) mass is 306 g/mol. The van der Waals surface area contributed by atoms with Crippen molar-refractivity contribution in [1.29, 1.82) is 0 Å². The van der Waals surface area contributed by atoms with Gasteiger partial charge in [0.25, 0.3) is 0 Å². The largest absolute Gasteiger partial charge is 0.492 e. The molecule has 0 atom stereocenters. The first-order valence-electron chi connectivity index (χ1n) is 8.09. The highest BCUT2D eigenvalue weighted by molar-refractivity contribution is 5.70. The summed E-state index contributed by atoms with van der Waals surface area (Å²) in [6, 6.07) is 6.30. The van der Waals surface area contributed by atoms with Gasteiger partial charge < -0.3 is 20.1 Å². The maximum Gasteiger partial charge on any atom is 0.306 e. The number of nitrogens with zero attached hydrogens (tertiary/aromatic N) is 1. The van der Waals surface area contributed by atoms with Crippen molar-refractivity contribution in [3.63, 3.8) is 0 Å². The Morgan fingerprint density at radius 1 is 1.36 bits per heavy atom. The first kappa shape index (κ1) is 16.6. The molecule has 0 amide bonds. The molecule has 0 spiro atoms. The Bertz CT molecular complexity index is 497. The number of ether oxygens (including phenoxy) is 1. The van der Waals surface area contributed by atoms with Gasteiger partial charge in [-0.3, -0.25) is 4.79 Å². The third kappa shape index (κ3) is 4.13. The molecule has 1 heterocycles. The van der Waals surface area contributed by atoms with Crippen LogP contribution in [0.3, 0.4) is 0 Å². The number of aliphatic carboxylic acids is 1. The van der Waals surface area contributed by atoms with Crippen molar-refractivity contribution in [1.82, 2.24) is 5.32 Å². The molecule has 1 saturated heterocycles. The number of nitrogens with one attached hydrogen (secondary N) is 1. The summed E-state index contributed by atoms with van der Waals surface area (Å²) in [5, 5.41) is 12.4. The van der Waals surface area contributed by atoms with Crippen molar-refractivity contribution in [2.45, 2.75) is 33.2 Å². The lowest BCUT2D eigenvalue weighted by Crippen LogP contribution is -2.36. The van der Waals surface area contributed by atoms with E-state index in [4.69, 9.17) is 9.84 Å². The quantitative estimate of drug-likeness (QED) is 0.810. The van der Waals surface area contributed by atoms with Gasteiger partial charge in [-0.25, -0.2) is 0 Å². The fraction of sp³-hybridized carbons (Fsp3) is 0.588. The number of carbonyl (C=O) groups is 1. The summed E-state index contributed by atoms with van der Waals surface area (Å²) in [4.78, 5) is 13.3. The molecule has 2 rings (SSSR count). The fourth-order valence-electron chi connectivity index (χ4n) is 2.84. The second-order valence-corrected chi connectivity index (χ2v) is 5.61. The van der Waals surface area contributed by atoms with Crippen LogP contribution in [-0.2, 0) is 11.3 Å². The number of carboxylic acids is 1. The number of benzene rings is 1. The van der Waals surface area contributed by atoms with E-state index in [1.807, 2.05) is 6.92 Å². The van der Waals surface area contributed by atoms with E-state index in [1.54, 1.807) is 0 Å². The molecule has 1 aromatic rings. The molecule has 1 aliphatic rings. The van der Waals surface area contributed by atoms with Gasteiger partial charge in [-0.05, 0) is 44.0 Å². The number of hydrogen-bond acceptors (Lipinski definition) is 4. The van der Waals surface area contributed by atoms with Crippen LogP contribution < -0.4 is 15.0 Å². The van der Waals surface area contributed by atoms with E-state index in [9.17, 15) is 4.79 Å². The van der Waals surface area contributed by atoms with Gasteiger partial charge in [-0.1, -0.05) is 13.0 Å². The Labute approximate surface area is 132 Å². The Morgan fingerprint density at radius 3 is 2.68 bits per heavy atom. The summed E-state index contributed by atoms with van der Waals surface area (Å²) < 4.78 is 5.80. The molecule has 122 valence electrons. The van der Waals surface area contributed by atoms with Crippen LogP contribution in [0, 0.1) is 5.92 Å². The van der Waals surface area contributed by atoms with Crippen molar-refractivity contribution >= 4 is 11.7 Å².